The molecule has 19 heavy (non-hydrogen) atoms. The Bertz CT molecular complexity index is 461. The Morgan fingerprint density at radius 3 is 2.68 bits per heavy atom. The average Bonchev–Trinajstić information content (AvgIpc) is 2.41. The van der Waals surface area contributed by atoms with Crippen molar-refractivity contribution in [2.24, 2.45) is 0 Å². The van der Waals surface area contributed by atoms with Crippen LogP contribution in [0.5, 0.6) is 0 Å². The van der Waals surface area contributed by atoms with E-state index < -0.39 is 0 Å². The fraction of sp³-hybridized carbons (Fsp3) is 0.500. The standard InChI is InChI=1S/C14H19ClN4/c1-18-6-8-19(9-7-18)5-4-17-13-3-2-12(11-16)14(15)10-13/h2-3,10,17H,4-9H2,1H3. The molecule has 1 saturated heterocycles. The van der Waals surface area contributed by atoms with Crippen LogP contribution < -0.4 is 5.32 Å². The lowest BCUT2D eigenvalue weighted by Crippen LogP contribution is -2.45. The molecule has 1 aliphatic heterocycles. The Labute approximate surface area is 119 Å². The molecule has 0 saturated carbocycles. The minimum Gasteiger partial charge on any atom is -0.384 e. The third-order valence-electron chi connectivity index (χ3n) is 3.44. The van der Waals surface area contributed by atoms with Crippen LogP contribution in [-0.2, 0) is 0 Å². The first kappa shape index (κ1) is 14.1. The van der Waals surface area contributed by atoms with Gasteiger partial charge in [-0.25, -0.2) is 0 Å². The predicted octanol–water partition coefficient (Wildman–Crippen LogP) is 1.87. The minimum absolute atomic E-state index is 0.507. The Kier molecular flexibility index (Phi) is 5.03. The third-order valence-corrected chi connectivity index (χ3v) is 3.76. The summed E-state index contributed by atoms with van der Waals surface area (Å²) >= 11 is 5.99. The number of hydrogen-bond acceptors (Lipinski definition) is 4. The molecule has 1 aromatic carbocycles. The monoisotopic (exact) mass is 278 g/mol. The van der Waals surface area contributed by atoms with Crippen molar-refractivity contribution in [3.63, 3.8) is 0 Å². The van der Waals surface area contributed by atoms with Gasteiger partial charge in [0.15, 0.2) is 0 Å². The van der Waals surface area contributed by atoms with Crippen LogP contribution in [0.2, 0.25) is 5.02 Å². The maximum Gasteiger partial charge on any atom is 0.101 e. The molecule has 0 atom stereocenters. The highest BCUT2D eigenvalue weighted by atomic mass is 35.5. The van der Waals surface area contributed by atoms with Gasteiger partial charge in [0.25, 0.3) is 0 Å². The van der Waals surface area contributed by atoms with Gasteiger partial charge in [-0.3, -0.25) is 4.90 Å². The van der Waals surface area contributed by atoms with E-state index in [1.54, 1.807) is 6.07 Å². The quantitative estimate of drug-likeness (QED) is 0.913. The van der Waals surface area contributed by atoms with Crippen LogP contribution in [0.15, 0.2) is 18.2 Å². The van der Waals surface area contributed by atoms with Gasteiger partial charge >= 0.3 is 0 Å². The summed E-state index contributed by atoms with van der Waals surface area (Å²) in [5, 5.41) is 12.7. The number of hydrogen-bond donors (Lipinski definition) is 1. The van der Waals surface area contributed by atoms with E-state index in [0.29, 0.717) is 10.6 Å². The van der Waals surface area contributed by atoms with E-state index in [2.05, 4.69) is 28.2 Å². The molecule has 0 aliphatic carbocycles. The zero-order valence-corrected chi connectivity index (χ0v) is 12.0. The number of nitriles is 1. The van der Waals surface area contributed by atoms with Crippen molar-refractivity contribution in [1.82, 2.24) is 9.80 Å². The molecule has 0 aromatic heterocycles. The Morgan fingerprint density at radius 2 is 2.05 bits per heavy atom. The van der Waals surface area contributed by atoms with E-state index in [-0.39, 0.29) is 0 Å². The van der Waals surface area contributed by atoms with Crippen molar-refractivity contribution < 1.29 is 0 Å². The van der Waals surface area contributed by atoms with E-state index in [1.807, 2.05) is 12.1 Å². The van der Waals surface area contributed by atoms with Gasteiger partial charge in [-0.2, -0.15) is 5.26 Å². The Morgan fingerprint density at radius 1 is 1.32 bits per heavy atom. The highest BCUT2D eigenvalue weighted by Crippen LogP contribution is 2.19. The maximum absolute atomic E-state index is 8.81. The molecule has 1 aliphatic rings. The molecule has 5 heteroatoms. The molecule has 0 unspecified atom stereocenters. The SMILES string of the molecule is CN1CCN(CCNc2ccc(C#N)c(Cl)c2)CC1. The fourth-order valence-electron chi connectivity index (χ4n) is 2.15. The molecule has 0 bridgehead atoms. The number of piperazine rings is 1. The van der Waals surface area contributed by atoms with Crippen LogP contribution in [-0.4, -0.2) is 56.1 Å². The minimum atomic E-state index is 0.507. The van der Waals surface area contributed by atoms with Crippen molar-refractivity contribution in [3.05, 3.63) is 28.8 Å². The highest BCUT2D eigenvalue weighted by molar-refractivity contribution is 6.32. The maximum atomic E-state index is 8.81. The number of halogens is 1. The second kappa shape index (κ2) is 6.76. The van der Waals surface area contributed by atoms with Crippen molar-refractivity contribution in [3.8, 4) is 6.07 Å². The van der Waals surface area contributed by atoms with Crippen LogP contribution in [0.3, 0.4) is 0 Å². The largest absolute Gasteiger partial charge is 0.384 e. The number of likely N-dealkylation sites (N-methyl/N-ethyl adjacent to an activating group) is 1. The molecule has 1 fully saturated rings. The summed E-state index contributed by atoms with van der Waals surface area (Å²) in [7, 11) is 2.16. The van der Waals surface area contributed by atoms with Gasteiger partial charge in [0.1, 0.15) is 6.07 Å². The van der Waals surface area contributed by atoms with Crippen LogP contribution in [0, 0.1) is 11.3 Å². The van der Waals surface area contributed by atoms with Gasteiger partial charge < -0.3 is 10.2 Å². The Hall–Kier alpha value is -1.28. The van der Waals surface area contributed by atoms with Crippen molar-refractivity contribution in [2.45, 2.75) is 0 Å². The van der Waals surface area contributed by atoms with Gasteiger partial charge in [0.05, 0.1) is 10.6 Å². The number of rotatable bonds is 4. The molecule has 102 valence electrons. The van der Waals surface area contributed by atoms with Gasteiger partial charge in [0, 0.05) is 45.0 Å². The van der Waals surface area contributed by atoms with Gasteiger partial charge in [-0.15, -0.1) is 0 Å². The molecule has 0 amide bonds. The number of benzene rings is 1. The second-order valence-corrected chi connectivity index (χ2v) is 5.29. The van der Waals surface area contributed by atoms with Crippen LogP contribution in [0.25, 0.3) is 0 Å². The van der Waals surface area contributed by atoms with Crippen LogP contribution in [0.4, 0.5) is 5.69 Å². The van der Waals surface area contributed by atoms with E-state index in [0.717, 1.165) is 45.0 Å². The molecule has 0 spiro atoms. The number of anilines is 1. The van der Waals surface area contributed by atoms with Crippen molar-refractivity contribution in [1.29, 1.82) is 5.26 Å². The zero-order valence-electron chi connectivity index (χ0n) is 11.2. The lowest BCUT2D eigenvalue weighted by molar-refractivity contribution is 0.158. The molecule has 1 aromatic rings. The molecule has 4 nitrogen and oxygen atoms in total. The predicted molar refractivity (Wildman–Crippen MR) is 78.6 cm³/mol. The third kappa shape index (κ3) is 4.10. The first-order valence-electron chi connectivity index (χ1n) is 6.53. The second-order valence-electron chi connectivity index (χ2n) is 4.88. The first-order valence-corrected chi connectivity index (χ1v) is 6.91. The highest BCUT2D eigenvalue weighted by Gasteiger charge is 2.12. The number of nitrogens with one attached hydrogen (secondary N) is 1. The van der Waals surface area contributed by atoms with Crippen LogP contribution in [0.1, 0.15) is 5.56 Å². The smallest absolute Gasteiger partial charge is 0.101 e. The molecular formula is C14H19ClN4. The summed E-state index contributed by atoms with van der Waals surface area (Å²) in [5.74, 6) is 0. The molecule has 2 rings (SSSR count). The summed E-state index contributed by atoms with van der Waals surface area (Å²) in [6.07, 6.45) is 0. The fourth-order valence-corrected chi connectivity index (χ4v) is 2.37. The first-order chi connectivity index (χ1) is 9.19. The number of nitrogens with zero attached hydrogens (tertiary/aromatic N) is 3. The lowest BCUT2D eigenvalue weighted by atomic mass is 10.2. The summed E-state index contributed by atoms with van der Waals surface area (Å²) in [4.78, 5) is 4.81. The average molecular weight is 279 g/mol. The zero-order chi connectivity index (χ0) is 13.7. The topological polar surface area (TPSA) is 42.3 Å². The molecule has 0 radical (unpaired) electrons. The van der Waals surface area contributed by atoms with Crippen molar-refractivity contribution in [2.75, 3.05) is 51.6 Å². The van der Waals surface area contributed by atoms with Gasteiger partial charge in [0.2, 0.25) is 0 Å². The van der Waals surface area contributed by atoms with E-state index in [1.165, 1.54) is 0 Å². The van der Waals surface area contributed by atoms with Crippen molar-refractivity contribution >= 4 is 17.3 Å². The van der Waals surface area contributed by atoms with Gasteiger partial charge in [-0.1, -0.05) is 11.6 Å². The van der Waals surface area contributed by atoms with Gasteiger partial charge in [-0.05, 0) is 25.2 Å². The molecular weight excluding hydrogens is 260 g/mol. The Balaban J connectivity index is 1.77. The summed E-state index contributed by atoms with van der Waals surface area (Å²) < 4.78 is 0. The summed E-state index contributed by atoms with van der Waals surface area (Å²) in [6, 6.07) is 7.52. The lowest BCUT2D eigenvalue weighted by Gasteiger charge is -2.32. The molecule has 1 heterocycles. The van der Waals surface area contributed by atoms with E-state index in [4.69, 9.17) is 16.9 Å². The normalized spacial score (nSPS) is 17.1. The van der Waals surface area contributed by atoms with E-state index >= 15 is 0 Å². The molecule has 1 N–H and O–H groups in total. The summed E-state index contributed by atoms with van der Waals surface area (Å²) in [5.41, 5.74) is 1.49. The van der Waals surface area contributed by atoms with Crippen LogP contribution >= 0.6 is 11.6 Å². The van der Waals surface area contributed by atoms with E-state index in [9.17, 15) is 0 Å². The summed E-state index contributed by atoms with van der Waals surface area (Å²) in [6.45, 7) is 6.47.